The van der Waals surface area contributed by atoms with Gasteiger partial charge >= 0.3 is 0 Å². The highest BCUT2D eigenvalue weighted by Crippen LogP contribution is 2.26. The largest absolute Gasteiger partial charge is 0.337 e. The smallest absolute Gasteiger partial charge is 0.244 e. The Balaban J connectivity index is 1.63. The molecule has 0 aromatic carbocycles. The van der Waals surface area contributed by atoms with Gasteiger partial charge in [-0.15, -0.1) is 11.3 Å². The third kappa shape index (κ3) is 2.56. The van der Waals surface area contributed by atoms with Gasteiger partial charge in [0.25, 0.3) is 0 Å². The van der Waals surface area contributed by atoms with Gasteiger partial charge in [0, 0.05) is 11.8 Å². The summed E-state index contributed by atoms with van der Waals surface area (Å²) in [6, 6.07) is 4.27. The van der Waals surface area contributed by atoms with Gasteiger partial charge in [0.15, 0.2) is 0 Å². The van der Waals surface area contributed by atoms with Crippen LogP contribution < -0.4 is 5.32 Å². The number of pyridine rings is 1. The molecule has 0 saturated carbocycles. The highest BCUT2D eigenvalue weighted by Gasteiger charge is 2.20. The first-order valence-corrected chi connectivity index (χ1v) is 8.19. The molecule has 6 heteroatoms. The maximum absolute atomic E-state index is 5.46. The zero-order valence-corrected chi connectivity index (χ0v) is 12.4. The van der Waals surface area contributed by atoms with Crippen molar-refractivity contribution in [1.29, 1.82) is 0 Å². The van der Waals surface area contributed by atoms with Gasteiger partial charge in [-0.05, 0) is 36.9 Å². The molecule has 0 spiro atoms. The van der Waals surface area contributed by atoms with Crippen LogP contribution >= 0.6 is 11.3 Å². The van der Waals surface area contributed by atoms with Crippen molar-refractivity contribution in [2.45, 2.75) is 31.7 Å². The number of nitrogens with one attached hydrogen (secondary N) is 1. The van der Waals surface area contributed by atoms with Crippen LogP contribution in [-0.2, 0) is 0 Å². The second-order valence-electron chi connectivity index (χ2n) is 5.34. The van der Waals surface area contributed by atoms with Crippen LogP contribution in [0.25, 0.3) is 21.6 Å². The number of thiophene rings is 1. The first-order valence-electron chi connectivity index (χ1n) is 7.31. The molecule has 1 aliphatic heterocycles. The SMILES string of the molecule is c1cc2ncc(-c3noc(C4CCCCCN4)n3)cc2s1. The standard InChI is InChI=1S/C15H16N4OS/c1-2-4-12(16-6-3-1)15-18-14(19-20-15)10-8-13-11(17-9-10)5-7-21-13/h5,7-9,12,16H,1-4,6H2. The first-order chi connectivity index (χ1) is 10.4. The molecule has 0 aliphatic carbocycles. The third-order valence-electron chi connectivity index (χ3n) is 3.86. The fourth-order valence-electron chi connectivity index (χ4n) is 2.70. The minimum absolute atomic E-state index is 0.187. The molecule has 1 fully saturated rings. The van der Waals surface area contributed by atoms with Crippen LogP contribution in [0, 0.1) is 0 Å². The quantitative estimate of drug-likeness (QED) is 0.784. The summed E-state index contributed by atoms with van der Waals surface area (Å²) >= 11 is 1.67. The van der Waals surface area contributed by atoms with Gasteiger partial charge in [0.05, 0.1) is 16.3 Å². The van der Waals surface area contributed by atoms with Crippen LogP contribution in [0.15, 0.2) is 28.2 Å². The Morgan fingerprint density at radius 1 is 1.29 bits per heavy atom. The second kappa shape index (κ2) is 5.54. The van der Waals surface area contributed by atoms with Crippen LogP contribution in [0.3, 0.4) is 0 Å². The van der Waals surface area contributed by atoms with E-state index in [1.807, 2.05) is 17.6 Å². The molecule has 0 radical (unpaired) electrons. The van der Waals surface area contributed by atoms with Crippen molar-refractivity contribution in [3.63, 3.8) is 0 Å². The number of nitrogens with zero attached hydrogens (tertiary/aromatic N) is 3. The number of hydrogen-bond donors (Lipinski definition) is 1. The number of aromatic nitrogens is 3. The predicted octanol–water partition coefficient (Wildman–Crippen LogP) is 3.55. The van der Waals surface area contributed by atoms with E-state index < -0.39 is 0 Å². The molecule has 1 unspecified atom stereocenters. The van der Waals surface area contributed by atoms with Crippen molar-refractivity contribution in [2.75, 3.05) is 6.54 Å². The van der Waals surface area contributed by atoms with Gasteiger partial charge in [-0.25, -0.2) is 0 Å². The summed E-state index contributed by atoms with van der Waals surface area (Å²) in [5.41, 5.74) is 1.92. The highest BCUT2D eigenvalue weighted by molar-refractivity contribution is 7.17. The molecule has 108 valence electrons. The zero-order chi connectivity index (χ0) is 14.1. The van der Waals surface area contributed by atoms with E-state index in [0.717, 1.165) is 28.7 Å². The van der Waals surface area contributed by atoms with Crippen molar-refractivity contribution in [2.24, 2.45) is 0 Å². The van der Waals surface area contributed by atoms with E-state index in [2.05, 4.69) is 26.5 Å². The summed E-state index contributed by atoms with van der Waals surface area (Å²) in [5.74, 6) is 1.32. The normalized spacial score (nSPS) is 19.7. The molecule has 5 nitrogen and oxygen atoms in total. The number of fused-ring (bicyclic) bond motifs is 1. The van der Waals surface area contributed by atoms with Crippen molar-refractivity contribution in [3.8, 4) is 11.4 Å². The van der Waals surface area contributed by atoms with Crippen molar-refractivity contribution in [1.82, 2.24) is 20.4 Å². The minimum atomic E-state index is 0.187. The van der Waals surface area contributed by atoms with E-state index >= 15 is 0 Å². The summed E-state index contributed by atoms with van der Waals surface area (Å²) in [6.45, 7) is 1.02. The Morgan fingerprint density at radius 3 is 3.29 bits per heavy atom. The van der Waals surface area contributed by atoms with Crippen LogP contribution in [-0.4, -0.2) is 21.7 Å². The van der Waals surface area contributed by atoms with E-state index in [9.17, 15) is 0 Å². The lowest BCUT2D eigenvalue weighted by Crippen LogP contribution is -2.20. The van der Waals surface area contributed by atoms with Gasteiger partial charge < -0.3 is 9.84 Å². The molecular formula is C15H16N4OS. The van der Waals surface area contributed by atoms with Crippen LogP contribution in [0.2, 0.25) is 0 Å². The molecule has 4 rings (SSSR count). The summed E-state index contributed by atoms with van der Waals surface area (Å²) in [6.07, 6.45) is 6.56. The number of rotatable bonds is 2. The molecule has 3 aromatic rings. The lowest BCUT2D eigenvalue weighted by molar-refractivity contribution is 0.327. The van der Waals surface area contributed by atoms with Gasteiger partial charge in [0.1, 0.15) is 0 Å². The van der Waals surface area contributed by atoms with Crippen LogP contribution in [0.5, 0.6) is 0 Å². The maximum atomic E-state index is 5.46. The molecular weight excluding hydrogens is 284 g/mol. The van der Waals surface area contributed by atoms with Crippen molar-refractivity contribution >= 4 is 21.6 Å². The Kier molecular flexibility index (Phi) is 3.40. The van der Waals surface area contributed by atoms with E-state index in [1.165, 1.54) is 19.3 Å². The van der Waals surface area contributed by atoms with Crippen molar-refractivity contribution < 1.29 is 4.52 Å². The van der Waals surface area contributed by atoms with E-state index in [4.69, 9.17) is 4.52 Å². The average molecular weight is 300 g/mol. The predicted molar refractivity (Wildman–Crippen MR) is 82.1 cm³/mol. The van der Waals surface area contributed by atoms with Gasteiger partial charge in [0.2, 0.25) is 11.7 Å². The fourth-order valence-corrected chi connectivity index (χ4v) is 3.48. The molecule has 0 bridgehead atoms. The van der Waals surface area contributed by atoms with E-state index in [1.54, 1.807) is 11.3 Å². The molecule has 1 saturated heterocycles. The average Bonchev–Trinajstić information content (AvgIpc) is 3.10. The Hall–Kier alpha value is -1.79. The topological polar surface area (TPSA) is 63.8 Å². The molecule has 4 heterocycles. The van der Waals surface area contributed by atoms with Gasteiger partial charge in [-0.1, -0.05) is 18.0 Å². The van der Waals surface area contributed by atoms with Crippen molar-refractivity contribution in [3.05, 3.63) is 29.6 Å². The molecule has 1 N–H and O–H groups in total. The highest BCUT2D eigenvalue weighted by atomic mass is 32.1. The fraction of sp³-hybridized carbons (Fsp3) is 0.400. The third-order valence-corrected chi connectivity index (χ3v) is 4.71. The molecule has 0 amide bonds. The lowest BCUT2D eigenvalue weighted by Gasteiger charge is -2.09. The Morgan fingerprint density at radius 2 is 2.29 bits per heavy atom. The van der Waals surface area contributed by atoms with Crippen LogP contribution in [0.4, 0.5) is 0 Å². The van der Waals surface area contributed by atoms with Gasteiger partial charge in [-0.2, -0.15) is 4.98 Å². The second-order valence-corrected chi connectivity index (χ2v) is 6.29. The minimum Gasteiger partial charge on any atom is -0.337 e. The molecule has 21 heavy (non-hydrogen) atoms. The Bertz CT molecular complexity index is 743. The van der Waals surface area contributed by atoms with Gasteiger partial charge in [-0.3, -0.25) is 4.98 Å². The summed E-state index contributed by atoms with van der Waals surface area (Å²) in [4.78, 5) is 8.99. The van der Waals surface area contributed by atoms with E-state index in [-0.39, 0.29) is 6.04 Å². The maximum Gasteiger partial charge on any atom is 0.244 e. The Labute approximate surface area is 126 Å². The monoisotopic (exact) mass is 300 g/mol. The van der Waals surface area contributed by atoms with E-state index in [0.29, 0.717) is 11.7 Å². The summed E-state index contributed by atoms with van der Waals surface area (Å²) < 4.78 is 6.60. The molecule has 1 aliphatic rings. The number of hydrogen-bond acceptors (Lipinski definition) is 6. The first kappa shape index (κ1) is 12.9. The summed E-state index contributed by atoms with van der Waals surface area (Å²) in [7, 11) is 0. The van der Waals surface area contributed by atoms with Crippen LogP contribution in [0.1, 0.15) is 37.6 Å². The zero-order valence-electron chi connectivity index (χ0n) is 11.6. The molecule has 1 atom stereocenters. The molecule has 3 aromatic heterocycles. The summed E-state index contributed by atoms with van der Waals surface area (Å²) in [5, 5.41) is 9.64. The lowest BCUT2D eigenvalue weighted by atomic mass is 10.1.